The Labute approximate surface area is 104 Å². The predicted molar refractivity (Wildman–Crippen MR) is 71.0 cm³/mol. The largest absolute Gasteiger partial charge is 0.490 e. The third-order valence-electron chi connectivity index (χ3n) is 3.83. The lowest BCUT2D eigenvalue weighted by Crippen LogP contribution is -2.23. The molecule has 17 heavy (non-hydrogen) atoms. The highest BCUT2D eigenvalue weighted by Gasteiger charge is 2.20. The molecule has 2 nitrogen and oxygen atoms in total. The Hall–Kier alpha value is -1.02. The van der Waals surface area contributed by atoms with Crippen LogP contribution in [0.2, 0.25) is 0 Å². The first-order chi connectivity index (χ1) is 8.31. The number of ether oxygens (including phenoxy) is 1. The van der Waals surface area contributed by atoms with E-state index in [1.54, 1.807) is 0 Å². The highest BCUT2D eigenvalue weighted by Crippen LogP contribution is 2.29. The number of nitrogens with two attached hydrogens (primary N) is 1. The Bertz CT molecular complexity index is 325. The Morgan fingerprint density at radius 2 is 1.76 bits per heavy atom. The summed E-state index contributed by atoms with van der Waals surface area (Å²) in [5, 5.41) is 0. The molecule has 2 N–H and O–H groups in total. The molecule has 1 fully saturated rings. The second-order valence-electron chi connectivity index (χ2n) is 5.02. The Balaban J connectivity index is 1.84. The molecule has 94 valence electrons. The van der Waals surface area contributed by atoms with Crippen molar-refractivity contribution in [3.05, 3.63) is 29.8 Å². The van der Waals surface area contributed by atoms with Gasteiger partial charge in [0.05, 0.1) is 6.10 Å². The van der Waals surface area contributed by atoms with Crippen molar-refractivity contribution in [1.29, 1.82) is 0 Å². The summed E-state index contributed by atoms with van der Waals surface area (Å²) in [5.74, 6) is 1.91. The normalized spacial score (nSPS) is 24.6. The SMILES string of the molecule is CCC1CCC(Oc2ccc(CN)cc2)CC1. The third kappa shape index (κ3) is 3.47. The lowest BCUT2D eigenvalue weighted by Gasteiger charge is -2.28. The molecule has 1 aliphatic carbocycles. The van der Waals surface area contributed by atoms with Crippen LogP contribution in [0.5, 0.6) is 5.75 Å². The summed E-state index contributed by atoms with van der Waals surface area (Å²) in [6, 6.07) is 8.17. The van der Waals surface area contributed by atoms with E-state index in [-0.39, 0.29) is 0 Å². The van der Waals surface area contributed by atoms with Crippen molar-refractivity contribution in [3.8, 4) is 5.75 Å². The molecule has 0 amide bonds. The number of benzene rings is 1. The second-order valence-corrected chi connectivity index (χ2v) is 5.02. The van der Waals surface area contributed by atoms with E-state index >= 15 is 0 Å². The minimum Gasteiger partial charge on any atom is -0.490 e. The first-order valence-corrected chi connectivity index (χ1v) is 6.77. The van der Waals surface area contributed by atoms with Gasteiger partial charge in [0.25, 0.3) is 0 Å². The molecule has 1 aromatic carbocycles. The smallest absolute Gasteiger partial charge is 0.119 e. The maximum absolute atomic E-state index is 6.01. The van der Waals surface area contributed by atoms with Crippen molar-refractivity contribution >= 4 is 0 Å². The molecule has 0 saturated heterocycles. The van der Waals surface area contributed by atoms with Crippen molar-refractivity contribution < 1.29 is 4.74 Å². The summed E-state index contributed by atoms with van der Waals surface area (Å²) in [5.41, 5.74) is 6.73. The van der Waals surface area contributed by atoms with Crippen LogP contribution in [0.3, 0.4) is 0 Å². The lowest BCUT2D eigenvalue weighted by atomic mass is 9.86. The van der Waals surface area contributed by atoms with Crippen molar-refractivity contribution in [2.45, 2.75) is 51.7 Å². The third-order valence-corrected chi connectivity index (χ3v) is 3.83. The van der Waals surface area contributed by atoms with Gasteiger partial charge in [-0.05, 0) is 49.3 Å². The zero-order valence-electron chi connectivity index (χ0n) is 10.7. The van der Waals surface area contributed by atoms with Crippen molar-refractivity contribution in [2.24, 2.45) is 11.7 Å². The first-order valence-electron chi connectivity index (χ1n) is 6.77. The number of rotatable bonds is 4. The Kier molecular flexibility index (Phi) is 4.43. The molecular weight excluding hydrogens is 210 g/mol. The van der Waals surface area contributed by atoms with Crippen LogP contribution in [0.15, 0.2) is 24.3 Å². The summed E-state index contributed by atoms with van der Waals surface area (Å²) in [6.07, 6.45) is 6.79. The zero-order chi connectivity index (χ0) is 12.1. The molecule has 0 radical (unpaired) electrons. The fourth-order valence-corrected chi connectivity index (χ4v) is 2.55. The Morgan fingerprint density at radius 1 is 1.12 bits per heavy atom. The molecule has 0 aliphatic heterocycles. The molecule has 0 aromatic heterocycles. The predicted octanol–water partition coefficient (Wildman–Crippen LogP) is 3.49. The van der Waals surface area contributed by atoms with Crippen molar-refractivity contribution in [1.82, 2.24) is 0 Å². The van der Waals surface area contributed by atoms with Crippen molar-refractivity contribution in [2.75, 3.05) is 0 Å². The molecule has 1 aliphatic rings. The molecule has 2 rings (SSSR count). The molecule has 0 unspecified atom stereocenters. The first kappa shape index (κ1) is 12.4. The molecule has 0 atom stereocenters. The van der Waals surface area contributed by atoms with E-state index < -0.39 is 0 Å². The van der Waals surface area contributed by atoms with Crippen LogP contribution in [-0.2, 0) is 6.54 Å². The summed E-state index contributed by atoms with van der Waals surface area (Å²) in [4.78, 5) is 0. The summed E-state index contributed by atoms with van der Waals surface area (Å²) in [6.45, 7) is 2.89. The maximum atomic E-state index is 6.01. The molecule has 2 heteroatoms. The summed E-state index contributed by atoms with van der Waals surface area (Å²) in [7, 11) is 0. The van der Waals surface area contributed by atoms with Gasteiger partial charge in [-0.2, -0.15) is 0 Å². The van der Waals surface area contributed by atoms with Crippen LogP contribution in [0.25, 0.3) is 0 Å². The van der Waals surface area contributed by atoms with E-state index in [4.69, 9.17) is 10.5 Å². The minimum atomic E-state index is 0.418. The number of hydrogen-bond acceptors (Lipinski definition) is 2. The highest BCUT2D eigenvalue weighted by molar-refractivity contribution is 5.27. The number of hydrogen-bond donors (Lipinski definition) is 1. The van der Waals surface area contributed by atoms with Gasteiger partial charge in [0.1, 0.15) is 5.75 Å². The molecule has 0 spiro atoms. The van der Waals surface area contributed by atoms with Crippen LogP contribution >= 0.6 is 0 Å². The monoisotopic (exact) mass is 233 g/mol. The molecule has 0 bridgehead atoms. The highest BCUT2D eigenvalue weighted by atomic mass is 16.5. The average molecular weight is 233 g/mol. The zero-order valence-corrected chi connectivity index (χ0v) is 10.7. The van der Waals surface area contributed by atoms with E-state index in [1.807, 2.05) is 24.3 Å². The molecule has 1 saturated carbocycles. The van der Waals surface area contributed by atoms with Gasteiger partial charge in [-0.25, -0.2) is 0 Å². The second kappa shape index (κ2) is 6.06. The van der Waals surface area contributed by atoms with E-state index in [0.29, 0.717) is 12.6 Å². The molecular formula is C15H23NO. The van der Waals surface area contributed by atoms with Crippen LogP contribution in [-0.4, -0.2) is 6.10 Å². The fourth-order valence-electron chi connectivity index (χ4n) is 2.55. The van der Waals surface area contributed by atoms with E-state index in [0.717, 1.165) is 17.2 Å². The van der Waals surface area contributed by atoms with E-state index in [9.17, 15) is 0 Å². The van der Waals surface area contributed by atoms with Gasteiger partial charge in [0.2, 0.25) is 0 Å². The average Bonchev–Trinajstić information content (AvgIpc) is 2.40. The van der Waals surface area contributed by atoms with E-state index in [1.165, 1.54) is 32.1 Å². The van der Waals surface area contributed by atoms with Gasteiger partial charge in [-0.1, -0.05) is 25.5 Å². The van der Waals surface area contributed by atoms with Crippen LogP contribution in [0, 0.1) is 5.92 Å². The molecule has 0 heterocycles. The van der Waals surface area contributed by atoms with Crippen LogP contribution < -0.4 is 10.5 Å². The quantitative estimate of drug-likeness (QED) is 0.864. The molecule has 1 aromatic rings. The lowest BCUT2D eigenvalue weighted by molar-refractivity contribution is 0.130. The van der Waals surface area contributed by atoms with Crippen molar-refractivity contribution in [3.63, 3.8) is 0 Å². The van der Waals surface area contributed by atoms with Crippen LogP contribution in [0.4, 0.5) is 0 Å². The van der Waals surface area contributed by atoms with E-state index in [2.05, 4.69) is 6.92 Å². The van der Waals surface area contributed by atoms with Gasteiger partial charge in [-0.3, -0.25) is 0 Å². The van der Waals surface area contributed by atoms with Crippen LogP contribution in [0.1, 0.15) is 44.6 Å². The van der Waals surface area contributed by atoms with Gasteiger partial charge in [-0.15, -0.1) is 0 Å². The van der Waals surface area contributed by atoms with Gasteiger partial charge < -0.3 is 10.5 Å². The van der Waals surface area contributed by atoms with Gasteiger partial charge in [0, 0.05) is 6.54 Å². The fraction of sp³-hybridized carbons (Fsp3) is 0.600. The van der Waals surface area contributed by atoms with Gasteiger partial charge >= 0.3 is 0 Å². The topological polar surface area (TPSA) is 35.2 Å². The summed E-state index contributed by atoms with van der Waals surface area (Å²) >= 11 is 0. The maximum Gasteiger partial charge on any atom is 0.119 e. The minimum absolute atomic E-state index is 0.418. The standard InChI is InChI=1S/C15H23NO/c1-2-12-3-7-14(8-4-12)17-15-9-5-13(11-16)6-10-15/h5-6,9-10,12,14H,2-4,7-8,11,16H2,1H3. The Morgan fingerprint density at radius 3 is 2.29 bits per heavy atom. The summed E-state index contributed by atoms with van der Waals surface area (Å²) < 4.78 is 6.01. The van der Waals surface area contributed by atoms with Gasteiger partial charge in [0.15, 0.2) is 0 Å².